The van der Waals surface area contributed by atoms with Crippen LogP contribution in [0.25, 0.3) is 11.3 Å². The number of amides is 2. The first-order valence-electron chi connectivity index (χ1n) is 9.06. The molecular formula is C21H19ClN4O3. The Morgan fingerprint density at radius 2 is 2.03 bits per heavy atom. The van der Waals surface area contributed by atoms with Gasteiger partial charge in [0.05, 0.1) is 29.9 Å². The second kappa shape index (κ2) is 7.60. The zero-order valence-electron chi connectivity index (χ0n) is 15.9. The number of nitrogens with one attached hydrogen (secondary N) is 2. The van der Waals surface area contributed by atoms with E-state index in [0.29, 0.717) is 22.3 Å². The van der Waals surface area contributed by atoms with Crippen molar-refractivity contribution >= 4 is 34.9 Å². The van der Waals surface area contributed by atoms with Gasteiger partial charge in [0.1, 0.15) is 17.6 Å². The highest BCUT2D eigenvalue weighted by Crippen LogP contribution is 2.35. The first kappa shape index (κ1) is 19.0. The number of rotatable bonds is 4. The SMILES string of the molecule is COc1ccc(Cl)c(NC(=O)[C@H]2CC(=O)Nc3c(C)c(-c4ccccc4)nn32)c1. The van der Waals surface area contributed by atoms with E-state index in [4.69, 9.17) is 16.3 Å². The van der Waals surface area contributed by atoms with Gasteiger partial charge in [0.2, 0.25) is 11.8 Å². The average Bonchev–Trinajstić information content (AvgIpc) is 3.06. The molecule has 2 heterocycles. The topological polar surface area (TPSA) is 85.2 Å². The molecule has 0 bridgehead atoms. The predicted molar refractivity (Wildman–Crippen MR) is 111 cm³/mol. The number of aromatic nitrogens is 2. The third kappa shape index (κ3) is 3.56. The van der Waals surface area contributed by atoms with E-state index in [2.05, 4.69) is 15.7 Å². The van der Waals surface area contributed by atoms with Gasteiger partial charge in [-0.15, -0.1) is 0 Å². The average molecular weight is 411 g/mol. The fourth-order valence-electron chi connectivity index (χ4n) is 3.36. The fourth-order valence-corrected chi connectivity index (χ4v) is 3.52. The summed E-state index contributed by atoms with van der Waals surface area (Å²) in [6, 6.07) is 13.8. The van der Waals surface area contributed by atoms with Crippen molar-refractivity contribution in [3.8, 4) is 17.0 Å². The Morgan fingerprint density at radius 1 is 1.28 bits per heavy atom. The van der Waals surface area contributed by atoms with E-state index in [0.717, 1.165) is 16.8 Å². The van der Waals surface area contributed by atoms with Crippen molar-refractivity contribution in [2.75, 3.05) is 17.7 Å². The van der Waals surface area contributed by atoms with Gasteiger partial charge < -0.3 is 15.4 Å². The quantitative estimate of drug-likeness (QED) is 0.679. The van der Waals surface area contributed by atoms with Gasteiger partial charge >= 0.3 is 0 Å². The number of anilines is 2. The molecule has 4 rings (SSSR count). The molecule has 0 saturated heterocycles. The molecule has 148 valence electrons. The minimum atomic E-state index is -0.794. The Balaban J connectivity index is 1.70. The third-order valence-corrected chi connectivity index (χ3v) is 5.19. The number of nitrogens with zero attached hydrogens (tertiary/aromatic N) is 2. The van der Waals surface area contributed by atoms with Crippen LogP contribution in [0.5, 0.6) is 5.75 Å². The highest BCUT2D eigenvalue weighted by molar-refractivity contribution is 6.33. The van der Waals surface area contributed by atoms with Gasteiger partial charge in [-0.3, -0.25) is 9.59 Å². The Hall–Kier alpha value is -3.32. The maximum absolute atomic E-state index is 13.0. The monoisotopic (exact) mass is 410 g/mol. The fraction of sp³-hybridized carbons (Fsp3) is 0.190. The van der Waals surface area contributed by atoms with E-state index in [-0.39, 0.29) is 18.2 Å². The Morgan fingerprint density at radius 3 is 2.76 bits per heavy atom. The Kier molecular flexibility index (Phi) is 4.98. The summed E-state index contributed by atoms with van der Waals surface area (Å²) >= 11 is 6.20. The van der Waals surface area contributed by atoms with Crippen LogP contribution in [0.4, 0.5) is 11.5 Å². The summed E-state index contributed by atoms with van der Waals surface area (Å²) in [5.41, 5.74) is 2.85. The van der Waals surface area contributed by atoms with Crippen LogP contribution in [0, 0.1) is 6.92 Å². The zero-order chi connectivity index (χ0) is 20.5. The van der Waals surface area contributed by atoms with Crippen LogP contribution >= 0.6 is 11.6 Å². The van der Waals surface area contributed by atoms with Crippen LogP contribution in [0.1, 0.15) is 18.0 Å². The standard InChI is InChI=1S/C21H19ClN4O3/c1-12-19(13-6-4-3-5-7-13)25-26-17(11-18(27)24-20(12)26)21(28)23-16-10-14(29-2)8-9-15(16)22/h3-10,17H,11H2,1-2H3,(H,23,28)(H,24,27)/t17-/m1/s1. The predicted octanol–water partition coefficient (Wildman–Crippen LogP) is 4.04. The summed E-state index contributed by atoms with van der Waals surface area (Å²) in [6.07, 6.45) is -0.0181. The van der Waals surface area contributed by atoms with Gasteiger partial charge in [-0.1, -0.05) is 41.9 Å². The molecular weight excluding hydrogens is 392 g/mol. The van der Waals surface area contributed by atoms with Gasteiger partial charge in [0.25, 0.3) is 0 Å². The largest absolute Gasteiger partial charge is 0.497 e. The molecule has 2 amide bonds. The molecule has 1 atom stereocenters. The van der Waals surface area contributed by atoms with Crippen LogP contribution in [-0.2, 0) is 9.59 Å². The van der Waals surface area contributed by atoms with Crippen molar-refractivity contribution in [2.45, 2.75) is 19.4 Å². The summed E-state index contributed by atoms with van der Waals surface area (Å²) in [4.78, 5) is 25.3. The molecule has 0 spiro atoms. The molecule has 0 radical (unpaired) electrons. The van der Waals surface area contributed by atoms with Gasteiger partial charge in [-0.25, -0.2) is 4.68 Å². The molecule has 1 aromatic heterocycles. The van der Waals surface area contributed by atoms with Crippen LogP contribution in [-0.4, -0.2) is 28.7 Å². The molecule has 7 nitrogen and oxygen atoms in total. The minimum Gasteiger partial charge on any atom is -0.497 e. The zero-order valence-corrected chi connectivity index (χ0v) is 16.7. The molecule has 2 aromatic carbocycles. The third-order valence-electron chi connectivity index (χ3n) is 4.86. The second-order valence-electron chi connectivity index (χ2n) is 6.74. The summed E-state index contributed by atoms with van der Waals surface area (Å²) in [5, 5.41) is 10.6. The smallest absolute Gasteiger partial charge is 0.249 e. The van der Waals surface area contributed by atoms with Crippen molar-refractivity contribution < 1.29 is 14.3 Å². The number of carbonyl (C=O) groups excluding carboxylic acids is 2. The highest BCUT2D eigenvalue weighted by Gasteiger charge is 2.34. The second-order valence-corrected chi connectivity index (χ2v) is 7.14. The van der Waals surface area contributed by atoms with Crippen LogP contribution in [0.15, 0.2) is 48.5 Å². The van der Waals surface area contributed by atoms with Crippen LogP contribution in [0.3, 0.4) is 0 Å². The number of benzene rings is 2. The Bertz CT molecular complexity index is 1090. The first-order chi connectivity index (χ1) is 14.0. The number of carbonyl (C=O) groups is 2. The maximum atomic E-state index is 13.0. The lowest BCUT2D eigenvalue weighted by Crippen LogP contribution is -2.36. The van der Waals surface area contributed by atoms with Gasteiger partial charge in [-0.2, -0.15) is 5.10 Å². The molecule has 1 aliphatic rings. The van der Waals surface area contributed by atoms with E-state index in [9.17, 15) is 9.59 Å². The number of halogens is 1. The maximum Gasteiger partial charge on any atom is 0.249 e. The molecule has 29 heavy (non-hydrogen) atoms. The molecule has 8 heteroatoms. The minimum absolute atomic E-state index is 0.0181. The number of hydrogen-bond acceptors (Lipinski definition) is 4. The van der Waals surface area contributed by atoms with Crippen molar-refractivity contribution in [1.82, 2.24) is 9.78 Å². The molecule has 0 fully saturated rings. The number of fused-ring (bicyclic) bond motifs is 1. The lowest BCUT2D eigenvalue weighted by atomic mass is 10.1. The Labute approximate surface area is 172 Å². The summed E-state index contributed by atoms with van der Waals surface area (Å²) in [5.74, 6) is 0.473. The molecule has 1 aliphatic heterocycles. The molecule has 0 saturated carbocycles. The summed E-state index contributed by atoms with van der Waals surface area (Å²) in [7, 11) is 1.53. The lowest BCUT2D eigenvalue weighted by molar-refractivity contribution is -0.125. The van der Waals surface area contributed by atoms with E-state index in [1.807, 2.05) is 37.3 Å². The molecule has 2 N–H and O–H groups in total. The summed E-state index contributed by atoms with van der Waals surface area (Å²) < 4.78 is 6.76. The van der Waals surface area contributed by atoms with Gasteiger partial charge in [0, 0.05) is 17.2 Å². The molecule has 0 aliphatic carbocycles. The summed E-state index contributed by atoms with van der Waals surface area (Å²) in [6.45, 7) is 1.88. The van der Waals surface area contributed by atoms with E-state index >= 15 is 0 Å². The van der Waals surface area contributed by atoms with Gasteiger partial charge in [-0.05, 0) is 19.1 Å². The number of ether oxygens (including phenoxy) is 1. The van der Waals surface area contributed by atoms with E-state index in [1.54, 1.807) is 22.9 Å². The number of hydrogen-bond donors (Lipinski definition) is 2. The molecule has 3 aromatic rings. The van der Waals surface area contributed by atoms with E-state index in [1.165, 1.54) is 7.11 Å². The van der Waals surface area contributed by atoms with Crippen LogP contribution < -0.4 is 15.4 Å². The van der Waals surface area contributed by atoms with Crippen LogP contribution in [0.2, 0.25) is 5.02 Å². The van der Waals surface area contributed by atoms with Crippen molar-refractivity contribution in [1.29, 1.82) is 0 Å². The first-order valence-corrected chi connectivity index (χ1v) is 9.44. The van der Waals surface area contributed by atoms with Gasteiger partial charge in [0.15, 0.2) is 0 Å². The normalized spacial score (nSPS) is 15.4. The van der Waals surface area contributed by atoms with Crippen molar-refractivity contribution in [3.63, 3.8) is 0 Å². The van der Waals surface area contributed by atoms with Crippen molar-refractivity contribution in [3.05, 3.63) is 59.1 Å². The molecule has 0 unspecified atom stereocenters. The van der Waals surface area contributed by atoms with Crippen molar-refractivity contribution in [2.24, 2.45) is 0 Å². The lowest BCUT2D eigenvalue weighted by Gasteiger charge is -2.24. The van der Waals surface area contributed by atoms with E-state index < -0.39 is 6.04 Å². The number of methoxy groups -OCH3 is 1. The highest BCUT2D eigenvalue weighted by atomic mass is 35.5.